The first-order valence-corrected chi connectivity index (χ1v) is 7.90. The number of rotatable bonds is 8. The van der Waals surface area contributed by atoms with Crippen LogP contribution in [0.4, 0.5) is 0 Å². The molecule has 5 atom stereocenters. The zero-order chi connectivity index (χ0) is 14.5. The molecule has 19 heavy (non-hydrogen) atoms. The summed E-state index contributed by atoms with van der Waals surface area (Å²) in [5, 5.41) is 0. The standard InChI is InChI=1S/C10H20BO7P/c1-14-4-5-16-9-8(18-19(3,12)13)7(6-15-2)17-10(9)11/h7-10H,4-6H2,1-3H3,(H,12,13)/t7-,8+,9?,10-/m1/s1. The topological polar surface area (TPSA) is 83.5 Å². The Hall–Kier alpha value is 0.0549. The summed E-state index contributed by atoms with van der Waals surface area (Å²) in [5.74, 6) is 0. The molecule has 0 bridgehead atoms. The van der Waals surface area contributed by atoms with Gasteiger partial charge < -0.3 is 23.8 Å². The third-order valence-electron chi connectivity index (χ3n) is 2.59. The summed E-state index contributed by atoms with van der Waals surface area (Å²) < 4.78 is 37.3. The van der Waals surface area contributed by atoms with Crippen molar-refractivity contribution in [2.24, 2.45) is 0 Å². The highest BCUT2D eigenvalue weighted by Crippen LogP contribution is 2.42. The van der Waals surface area contributed by atoms with Gasteiger partial charge in [0, 0.05) is 26.9 Å². The number of ether oxygens (including phenoxy) is 4. The van der Waals surface area contributed by atoms with Crippen LogP contribution in [0.5, 0.6) is 0 Å². The van der Waals surface area contributed by atoms with Crippen LogP contribution in [-0.4, -0.2) is 77.8 Å². The minimum absolute atomic E-state index is 0.197. The van der Waals surface area contributed by atoms with Crippen molar-refractivity contribution < 1.29 is 32.9 Å². The van der Waals surface area contributed by atoms with E-state index in [9.17, 15) is 9.46 Å². The Bertz CT molecular complexity index is 310. The summed E-state index contributed by atoms with van der Waals surface area (Å²) in [7, 11) is 5.16. The minimum atomic E-state index is -3.68. The fourth-order valence-corrected chi connectivity index (χ4v) is 2.57. The van der Waals surface area contributed by atoms with E-state index in [4.69, 9.17) is 31.3 Å². The highest BCUT2D eigenvalue weighted by atomic mass is 31.2. The SMILES string of the molecule is [B][C@@H]1O[C@H](COC)[C@H](OP(C)(=O)O)C1OCCOC. The maximum atomic E-state index is 11.4. The predicted octanol–water partition coefficient (Wildman–Crippen LogP) is -0.242. The number of methoxy groups -OCH3 is 2. The van der Waals surface area contributed by atoms with E-state index >= 15 is 0 Å². The van der Waals surface area contributed by atoms with Crippen molar-refractivity contribution in [2.45, 2.75) is 24.3 Å². The highest BCUT2D eigenvalue weighted by molar-refractivity contribution is 7.51. The summed E-state index contributed by atoms with van der Waals surface area (Å²) in [5.41, 5.74) is 0. The van der Waals surface area contributed by atoms with Crippen molar-refractivity contribution in [3.05, 3.63) is 0 Å². The fourth-order valence-electron chi connectivity index (χ4n) is 1.86. The summed E-state index contributed by atoms with van der Waals surface area (Å²) >= 11 is 0. The molecule has 1 rings (SSSR count). The molecule has 110 valence electrons. The quantitative estimate of drug-likeness (QED) is 0.376. The van der Waals surface area contributed by atoms with E-state index < -0.39 is 31.9 Å². The van der Waals surface area contributed by atoms with Gasteiger partial charge in [-0.05, 0) is 0 Å². The van der Waals surface area contributed by atoms with E-state index in [0.717, 1.165) is 6.66 Å². The molecule has 0 spiro atoms. The lowest BCUT2D eigenvalue weighted by atomic mass is 9.93. The number of hydrogen-bond acceptors (Lipinski definition) is 6. The first-order valence-electron chi connectivity index (χ1n) is 5.88. The van der Waals surface area contributed by atoms with E-state index in [2.05, 4.69) is 0 Å². The zero-order valence-corrected chi connectivity index (χ0v) is 12.2. The molecule has 0 aromatic heterocycles. The van der Waals surface area contributed by atoms with Gasteiger partial charge in [0.15, 0.2) is 0 Å². The molecule has 2 unspecified atom stereocenters. The third kappa shape index (κ3) is 5.51. The monoisotopic (exact) mass is 294 g/mol. The Kier molecular flexibility index (Phi) is 6.97. The molecule has 1 aliphatic heterocycles. The molecule has 0 amide bonds. The van der Waals surface area contributed by atoms with Crippen molar-refractivity contribution in [3.63, 3.8) is 0 Å². The Morgan fingerprint density at radius 2 is 1.95 bits per heavy atom. The summed E-state index contributed by atoms with van der Waals surface area (Å²) in [6.07, 6.45) is -1.95. The lowest BCUT2D eigenvalue weighted by Gasteiger charge is -2.25. The molecule has 1 heterocycles. The summed E-state index contributed by atoms with van der Waals surface area (Å²) in [6, 6.07) is -0.742. The second-order valence-corrected chi connectivity index (χ2v) is 6.11. The Morgan fingerprint density at radius 1 is 1.26 bits per heavy atom. The van der Waals surface area contributed by atoms with Crippen LogP contribution in [0.25, 0.3) is 0 Å². The largest absolute Gasteiger partial charge is 0.382 e. The second-order valence-electron chi connectivity index (χ2n) is 4.30. The Labute approximate surface area is 114 Å². The van der Waals surface area contributed by atoms with Crippen molar-refractivity contribution in [1.82, 2.24) is 0 Å². The van der Waals surface area contributed by atoms with E-state index in [1.165, 1.54) is 7.11 Å². The zero-order valence-electron chi connectivity index (χ0n) is 11.4. The molecule has 1 saturated heterocycles. The van der Waals surface area contributed by atoms with Gasteiger partial charge in [0.05, 0.1) is 19.8 Å². The molecular weight excluding hydrogens is 274 g/mol. The van der Waals surface area contributed by atoms with Gasteiger partial charge in [0.25, 0.3) is 0 Å². The average molecular weight is 294 g/mol. The maximum Gasteiger partial charge on any atom is 0.325 e. The highest BCUT2D eigenvalue weighted by Gasteiger charge is 2.45. The van der Waals surface area contributed by atoms with Gasteiger partial charge in [0.1, 0.15) is 26.2 Å². The van der Waals surface area contributed by atoms with Crippen LogP contribution in [0.3, 0.4) is 0 Å². The lowest BCUT2D eigenvalue weighted by Crippen LogP contribution is -2.39. The van der Waals surface area contributed by atoms with Crippen molar-refractivity contribution >= 4 is 15.4 Å². The molecule has 0 aromatic carbocycles. The van der Waals surface area contributed by atoms with E-state index in [1.807, 2.05) is 0 Å². The molecule has 7 nitrogen and oxygen atoms in total. The Balaban J connectivity index is 2.70. The molecule has 2 radical (unpaired) electrons. The predicted molar refractivity (Wildman–Crippen MR) is 68.5 cm³/mol. The minimum Gasteiger partial charge on any atom is -0.382 e. The van der Waals surface area contributed by atoms with Gasteiger partial charge in [0.2, 0.25) is 0 Å². The van der Waals surface area contributed by atoms with Gasteiger partial charge in [-0.15, -0.1) is 0 Å². The van der Waals surface area contributed by atoms with Crippen LogP contribution in [-0.2, 0) is 28.0 Å². The van der Waals surface area contributed by atoms with Crippen LogP contribution in [0.2, 0.25) is 0 Å². The van der Waals surface area contributed by atoms with Crippen LogP contribution in [0, 0.1) is 0 Å². The van der Waals surface area contributed by atoms with Gasteiger partial charge in [-0.25, -0.2) is 0 Å². The van der Waals surface area contributed by atoms with E-state index in [1.54, 1.807) is 7.11 Å². The van der Waals surface area contributed by atoms with Crippen LogP contribution < -0.4 is 0 Å². The molecular formula is C10H20BO7P. The second kappa shape index (κ2) is 7.74. The molecule has 0 aromatic rings. The smallest absolute Gasteiger partial charge is 0.325 e. The maximum absolute atomic E-state index is 11.4. The van der Waals surface area contributed by atoms with Crippen LogP contribution in [0.1, 0.15) is 0 Å². The van der Waals surface area contributed by atoms with E-state index in [-0.39, 0.29) is 13.2 Å². The first-order chi connectivity index (χ1) is 8.89. The van der Waals surface area contributed by atoms with Gasteiger partial charge in [-0.1, -0.05) is 0 Å². The molecule has 1 fully saturated rings. The van der Waals surface area contributed by atoms with Gasteiger partial charge in [-0.2, -0.15) is 0 Å². The summed E-state index contributed by atoms with van der Waals surface area (Å²) in [6.45, 7) is 1.97. The lowest BCUT2D eigenvalue weighted by molar-refractivity contribution is -0.0361. The van der Waals surface area contributed by atoms with E-state index in [0.29, 0.717) is 6.61 Å². The van der Waals surface area contributed by atoms with Crippen molar-refractivity contribution in [2.75, 3.05) is 40.7 Å². The van der Waals surface area contributed by atoms with Gasteiger partial charge >= 0.3 is 7.60 Å². The summed E-state index contributed by atoms with van der Waals surface area (Å²) in [4.78, 5) is 9.36. The molecule has 1 N–H and O–H groups in total. The van der Waals surface area contributed by atoms with Crippen LogP contribution >= 0.6 is 7.60 Å². The Morgan fingerprint density at radius 3 is 2.47 bits per heavy atom. The molecule has 1 aliphatic rings. The van der Waals surface area contributed by atoms with Crippen molar-refractivity contribution in [3.8, 4) is 0 Å². The first kappa shape index (κ1) is 17.1. The molecule has 0 aliphatic carbocycles. The third-order valence-corrected chi connectivity index (χ3v) is 3.23. The molecule has 0 saturated carbocycles. The van der Waals surface area contributed by atoms with Crippen molar-refractivity contribution in [1.29, 1.82) is 0 Å². The molecule has 9 heteroatoms. The average Bonchev–Trinajstić information content (AvgIpc) is 2.56. The fraction of sp³-hybridized carbons (Fsp3) is 1.00. The number of hydrogen-bond donors (Lipinski definition) is 1. The van der Waals surface area contributed by atoms with Crippen LogP contribution in [0.15, 0.2) is 0 Å². The normalized spacial score (nSPS) is 34.3. The van der Waals surface area contributed by atoms with Gasteiger partial charge in [-0.3, -0.25) is 9.09 Å².